The predicted molar refractivity (Wildman–Crippen MR) is 136 cm³/mol. The Labute approximate surface area is 203 Å². The highest BCUT2D eigenvalue weighted by Crippen LogP contribution is 2.41. The first-order chi connectivity index (χ1) is 16.7. The van der Waals surface area contributed by atoms with Crippen LogP contribution < -0.4 is 9.47 Å². The molecule has 0 atom stereocenters. The van der Waals surface area contributed by atoms with Gasteiger partial charge in [-0.15, -0.1) is 11.8 Å². The number of fused-ring (bicyclic) bond motifs is 1. The molecule has 1 aromatic heterocycles. The monoisotopic (exact) mass is 476 g/mol. The normalized spacial score (nSPS) is 11.0. The molecule has 0 aliphatic heterocycles. The number of carbonyl (C=O) groups is 1. The summed E-state index contributed by atoms with van der Waals surface area (Å²) in [6, 6.07) is 24.0. The first kappa shape index (κ1) is 23.8. The molecule has 0 amide bonds. The number of hydrogen-bond acceptors (Lipinski definition) is 5. The molecule has 3 aromatic carbocycles. The second kappa shape index (κ2) is 11.7. The standard InChI is InChI=1S/C28H28O5S/c1-2-9-21-12-6-15-24-26(20-10-4-3-5-11-20)28(33-27(21)24)31-16-8-17-34-23-14-7-13-22(18-23)32-19-25(29)30/h3-7,10-15,18H,2,8-9,16-17,19H2,1H3,(H,29,30). The maximum Gasteiger partial charge on any atom is 0.341 e. The quantitative estimate of drug-likeness (QED) is 0.174. The van der Waals surface area contributed by atoms with E-state index in [1.54, 1.807) is 17.8 Å². The van der Waals surface area contributed by atoms with E-state index in [0.717, 1.165) is 52.0 Å². The average molecular weight is 477 g/mol. The average Bonchev–Trinajstić information content (AvgIpc) is 3.23. The van der Waals surface area contributed by atoms with Gasteiger partial charge in [0.25, 0.3) is 5.95 Å². The van der Waals surface area contributed by atoms with E-state index in [-0.39, 0.29) is 6.61 Å². The van der Waals surface area contributed by atoms with Crippen molar-refractivity contribution in [1.29, 1.82) is 0 Å². The second-order valence-electron chi connectivity index (χ2n) is 7.88. The Kier molecular flexibility index (Phi) is 8.15. The fraction of sp³-hybridized carbons (Fsp3) is 0.250. The summed E-state index contributed by atoms with van der Waals surface area (Å²) < 4.78 is 17.7. The number of benzene rings is 3. The number of para-hydroxylation sites is 1. The van der Waals surface area contributed by atoms with Crippen molar-refractivity contribution in [2.24, 2.45) is 0 Å². The molecule has 0 aliphatic rings. The highest BCUT2D eigenvalue weighted by molar-refractivity contribution is 7.99. The summed E-state index contributed by atoms with van der Waals surface area (Å²) in [6.45, 7) is 2.36. The maximum absolute atomic E-state index is 10.7. The molecular formula is C28H28O5S. The van der Waals surface area contributed by atoms with Crippen molar-refractivity contribution < 1.29 is 23.8 Å². The molecule has 1 heterocycles. The van der Waals surface area contributed by atoms with E-state index in [1.165, 1.54) is 5.56 Å². The van der Waals surface area contributed by atoms with Crippen LogP contribution in [-0.4, -0.2) is 30.0 Å². The van der Waals surface area contributed by atoms with Gasteiger partial charge in [-0.2, -0.15) is 0 Å². The van der Waals surface area contributed by atoms with Gasteiger partial charge in [-0.3, -0.25) is 0 Å². The number of furan rings is 1. The first-order valence-corrected chi connectivity index (χ1v) is 12.4. The minimum absolute atomic E-state index is 0.344. The van der Waals surface area contributed by atoms with Gasteiger partial charge in [0.15, 0.2) is 6.61 Å². The molecule has 0 spiro atoms. The number of rotatable bonds is 12. The molecule has 5 nitrogen and oxygen atoms in total. The van der Waals surface area contributed by atoms with E-state index in [1.807, 2.05) is 36.4 Å². The van der Waals surface area contributed by atoms with Gasteiger partial charge in [-0.05, 0) is 42.2 Å². The molecule has 34 heavy (non-hydrogen) atoms. The van der Waals surface area contributed by atoms with Crippen LogP contribution in [0.2, 0.25) is 0 Å². The summed E-state index contributed by atoms with van der Waals surface area (Å²) >= 11 is 1.68. The summed E-state index contributed by atoms with van der Waals surface area (Å²) in [5, 5.41) is 9.85. The minimum atomic E-state index is -0.988. The lowest BCUT2D eigenvalue weighted by Crippen LogP contribution is -2.09. The van der Waals surface area contributed by atoms with E-state index in [2.05, 4.69) is 37.3 Å². The highest BCUT2D eigenvalue weighted by atomic mass is 32.2. The number of carboxylic acids is 1. The van der Waals surface area contributed by atoms with Gasteiger partial charge in [-0.25, -0.2) is 4.79 Å². The summed E-state index contributed by atoms with van der Waals surface area (Å²) in [4.78, 5) is 11.7. The van der Waals surface area contributed by atoms with Crippen LogP contribution in [0.4, 0.5) is 0 Å². The van der Waals surface area contributed by atoms with Crippen molar-refractivity contribution in [2.75, 3.05) is 19.0 Å². The van der Waals surface area contributed by atoms with E-state index in [0.29, 0.717) is 18.3 Å². The van der Waals surface area contributed by atoms with Crippen LogP contribution in [0.1, 0.15) is 25.3 Å². The molecule has 4 aromatic rings. The van der Waals surface area contributed by atoms with Crippen LogP contribution in [0.15, 0.2) is 82.1 Å². The molecule has 176 valence electrons. The molecule has 0 bridgehead atoms. The lowest BCUT2D eigenvalue weighted by molar-refractivity contribution is -0.139. The number of thioether (sulfide) groups is 1. The van der Waals surface area contributed by atoms with Gasteiger partial charge in [0, 0.05) is 16.0 Å². The number of ether oxygens (including phenoxy) is 2. The van der Waals surface area contributed by atoms with Crippen molar-refractivity contribution >= 4 is 28.7 Å². The van der Waals surface area contributed by atoms with Gasteiger partial charge in [0.05, 0.1) is 12.2 Å². The van der Waals surface area contributed by atoms with Crippen LogP contribution in [0.25, 0.3) is 22.1 Å². The molecule has 0 aliphatic carbocycles. The molecule has 0 fully saturated rings. The third kappa shape index (κ3) is 5.94. The van der Waals surface area contributed by atoms with Crippen molar-refractivity contribution in [1.82, 2.24) is 0 Å². The summed E-state index contributed by atoms with van der Waals surface area (Å²) in [5.41, 5.74) is 4.19. The Balaban J connectivity index is 1.42. The topological polar surface area (TPSA) is 68.9 Å². The van der Waals surface area contributed by atoms with E-state index < -0.39 is 5.97 Å². The van der Waals surface area contributed by atoms with Crippen LogP contribution in [0.3, 0.4) is 0 Å². The third-order valence-corrected chi connectivity index (χ3v) is 6.39. The highest BCUT2D eigenvalue weighted by Gasteiger charge is 2.19. The maximum atomic E-state index is 10.7. The predicted octanol–water partition coefficient (Wildman–Crippen LogP) is 7.08. The van der Waals surface area contributed by atoms with Gasteiger partial charge < -0.3 is 19.0 Å². The number of aryl methyl sites for hydroxylation is 1. The largest absolute Gasteiger partial charge is 0.482 e. The molecule has 4 rings (SSSR count). The van der Waals surface area contributed by atoms with Crippen molar-refractivity contribution in [3.8, 4) is 22.8 Å². The Morgan fingerprint density at radius 2 is 1.82 bits per heavy atom. The SMILES string of the molecule is CCCc1cccc2c(-c3ccccc3)c(OCCCSc3cccc(OCC(=O)O)c3)oc12. The van der Waals surface area contributed by atoms with Gasteiger partial charge >= 0.3 is 5.97 Å². The minimum Gasteiger partial charge on any atom is -0.482 e. The first-order valence-electron chi connectivity index (χ1n) is 11.5. The summed E-state index contributed by atoms with van der Waals surface area (Å²) in [5.74, 6) is 0.988. The smallest absolute Gasteiger partial charge is 0.341 e. The van der Waals surface area contributed by atoms with Crippen molar-refractivity contribution in [3.05, 3.63) is 78.4 Å². The third-order valence-electron chi connectivity index (χ3n) is 5.30. The number of hydrogen-bond donors (Lipinski definition) is 1. The lowest BCUT2D eigenvalue weighted by Gasteiger charge is -2.07. The Morgan fingerprint density at radius 1 is 1.00 bits per heavy atom. The van der Waals surface area contributed by atoms with E-state index in [4.69, 9.17) is 19.0 Å². The fourth-order valence-electron chi connectivity index (χ4n) is 3.81. The zero-order valence-corrected chi connectivity index (χ0v) is 20.0. The summed E-state index contributed by atoms with van der Waals surface area (Å²) in [6.07, 6.45) is 2.85. The Morgan fingerprint density at radius 3 is 2.62 bits per heavy atom. The fourth-order valence-corrected chi connectivity index (χ4v) is 4.69. The molecule has 0 unspecified atom stereocenters. The van der Waals surface area contributed by atoms with Crippen LogP contribution in [0.5, 0.6) is 11.7 Å². The molecule has 6 heteroatoms. The van der Waals surface area contributed by atoms with E-state index in [9.17, 15) is 4.79 Å². The Bertz CT molecular complexity index is 1230. The zero-order valence-electron chi connectivity index (χ0n) is 19.2. The van der Waals surface area contributed by atoms with Crippen molar-refractivity contribution in [2.45, 2.75) is 31.1 Å². The lowest BCUT2D eigenvalue weighted by atomic mass is 10.0. The molecule has 1 N–H and O–H groups in total. The Hall–Kier alpha value is -3.38. The van der Waals surface area contributed by atoms with Crippen LogP contribution in [0, 0.1) is 0 Å². The van der Waals surface area contributed by atoms with Gasteiger partial charge in [0.1, 0.15) is 11.3 Å². The molecule has 0 saturated heterocycles. The molecule has 0 radical (unpaired) electrons. The molecular weight excluding hydrogens is 448 g/mol. The van der Waals surface area contributed by atoms with E-state index >= 15 is 0 Å². The van der Waals surface area contributed by atoms with Crippen LogP contribution in [-0.2, 0) is 11.2 Å². The van der Waals surface area contributed by atoms with Crippen molar-refractivity contribution in [3.63, 3.8) is 0 Å². The number of carboxylic acid groups (broad SMARTS) is 1. The summed E-state index contributed by atoms with van der Waals surface area (Å²) in [7, 11) is 0. The van der Waals surface area contributed by atoms with Gasteiger partial charge in [0.2, 0.25) is 0 Å². The van der Waals surface area contributed by atoms with Gasteiger partial charge in [-0.1, -0.05) is 67.9 Å². The van der Waals surface area contributed by atoms with Crippen LogP contribution >= 0.6 is 11.8 Å². The second-order valence-corrected chi connectivity index (χ2v) is 9.05. The zero-order chi connectivity index (χ0) is 23.8. The number of aliphatic carboxylic acids is 1. The molecule has 0 saturated carbocycles.